The van der Waals surface area contributed by atoms with Crippen LogP contribution in [0.25, 0.3) is 0 Å². The van der Waals surface area contributed by atoms with Crippen molar-refractivity contribution in [2.75, 3.05) is 0 Å². The van der Waals surface area contributed by atoms with E-state index < -0.39 is 0 Å². The fourth-order valence-corrected chi connectivity index (χ4v) is 3.05. The van der Waals surface area contributed by atoms with E-state index in [9.17, 15) is 4.79 Å². The van der Waals surface area contributed by atoms with Gasteiger partial charge in [0.15, 0.2) is 5.78 Å². The zero-order valence-electron chi connectivity index (χ0n) is 10.8. The summed E-state index contributed by atoms with van der Waals surface area (Å²) in [6.45, 7) is 2.02. The quantitative estimate of drug-likeness (QED) is 0.748. The highest BCUT2D eigenvalue weighted by molar-refractivity contribution is 9.10. The Morgan fingerprint density at radius 1 is 1.11 bits per heavy atom. The van der Waals surface area contributed by atoms with Crippen LogP contribution in [0.5, 0.6) is 0 Å². The van der Waals surface area contributed by atoms with Gasteiger partial charge in [-0.25, -0.2) is 0 Å². The maximum Gasteiger partial charge on any atom is 0.167 e. The number of ketones is 1. The average Bonchev–Trinajstić information content (AvgIpc) is 3.22. The highest BCUT2D eigenvalue weighted by Gasteiger charge is 2.44. The minimum atomic E-state index is 0.153. The largest absolute Gasteiger partial charge is 0.294 e. The van der Waals surface area contributed by atoms with Crippen LogP contribution in [0.2, 0.25) is 0 Å². The number of carbonyl (C=O) groups is 1. The smallest absolute Gasteiger partial charge is 0.167 e. The van der Waals surface area contributed by atoms with Crippen molar-refractivity contribution in [3.8, 4) is 0 Å². The van der Waals surface area contributed by atoms with Gasteiger partial charge in [0.1, 0.15) is 0 Å². The predicted octanol–water partition coefficient (Wildman–Crippen LogP) is 4.74. The van der Waals surface area contributed by atoms with Crippen LogP contribution in [0.1, 0.15) is 33.8 Å². The fourth-order valence-electron chi connectivity index (χ4n) is 2.59. The molecule has 2 unspecified atom stereocenters. The Hall–Kier alpha value is -1.41. The van der Waals surface area contributed by atoms with Gasteiger partial charge in [0.2, 0.25) is 0 Å². The highest BCUT2D eigenvalue weighted by atomic mass is 79.9. The summed E-state index contributed by atoms with van der Waals surface area (Å²) in [5.74, 6) is 0.825. The summed E-state index contributed by atoms with van der Waals surface area (Å²) in [7, 11) is 0. The summed E-state index contributed by atoms with van der Waals surface area (Å²) in [6, 6.07) is 16.2. The van der Waals surface area contributed by atoms with Crippen molar-refractivity contribution >= 4 is 21.7 Å². The van der Waals surface area contributed by atoms with Crippen LogP contribution >= 0.6 is 15.9 Å². The molecule has 2 atom stereocenters. The molecule has 3 rings (SSSR count). The second kappa shape index (κ2) is 4.93. The van der Waals surface area contributed by atoms with E-state index >= 15 is 0 Å². The average molecular weight is 315 g/mol. The number of halogens is 1. The lowest BCUT2D eigenvalue weighted by Crippen LogP contribution is -2.05. The minimum absolute atomic E-state index is 0.153. The van der Waals surface area contributed by atoms with Crippen LogP contribution in [0.4, 0.5) is 0 Å². The molecule has 2 aromatic rings. The van der Waals surface area contributed by atoms with Gasteiger partial charge >= 0.3 is 0 Å². The van der Waals surface area contributed by atoms with Crippen molar-refractivity contribution in [1.82, 2.24) is 0 Å². The van der Waals surface area contributed by atoms with Gasteiger partial charge in [-0.2, -0.15) is 0 Å². The first-order chi connectivity index (χ1) is 9.18. The molecular formula is C17H15BrO. The van der Waals surface area contributed by atoms with Gasteiger partial charge in [-0.3, -0.25) is 4.79 Å². The zero-order valence-corrected chi connectivity index (χ0v) is 12.4. The van der Waals surface area contributed by atoms with E-state index in [2.05, 4.69) is 28.1 Å². The third kappa shape index (κ3) is 2.37. The first-order valence-electron chi connectivity index (χ1n) is 6.52. The molecule has 0 spiro atoms. The Morgan fingerprint density at radius 3 is 2.58 bits per heavy atom. The minimum Gasteiger partial charge on any atom is -0.294 e. The first-order valence-corrected chi connectivity index (χ1v) is 7.32. The molecule has 0 N–H and O–H groups in total. The first kappa shape index (κ1) is 12.6. The molecule has 0 heterocycles. The van der Waals surface area contributed by atoms with E-state index in [1.54, 1.807) is 0 Å². The molecule has 1 saturated carbocycles. The maximum absolute atomic E-state index is 12.5. The Kier molecular flexibility index (Phi) is 3.28. The van der Waals surface area contributed by atoms with Gasteiger partial charge in [-0.05, 0) is 46.3 Å². The lowest BCUT2D eigenvalue weighted by Gasteiger charge is -2.06. The van der Waals surface area contributed by atoms with E-state index in [0.717, 1.165) is 22.0 Å². The second-order valence-corrected chi connectivity index (χ2v) is 5.95. The molecule has 0 amide bonds. The fraction of sp³-hybridized carbons (Fsp3) is 0.235. The Labute approximate surface area is 121 Å². The summed E-state index contributed by atoms with van der Waals surface area (Å²) in [6.07, 6.45) is 0.975. The van der Waals surface area contributed by atoms with Crippen molar-refractivity contribution in [2.24, 2.45) is 5.92 Å². The number of rotatable bonds is 3. The van der Waals surface area contributed by atoms with Crippen LogP contribution in [0, 0.1) is 12.8 Å². The van der Waals surface area contributed by atoms with E-state index in [1.807, 2.05) is 43.3 Å². The summed E-state index contributed by atoms with van der Waals surface area (Å²) < 4.78 is 0.943. The summed E-state index contributed by atoms with van der Waals surface area (Å²) in [4.78, 5) is 12.5. The third-order valence-electron chi connectivity index (χ3n) is 3.81. The Bertz CT molecular complexity index is 618. The van der Waals surface area contributed by atoms with Crippen LogP contribution in [0.15, 0.2) is 53.0 Å². The van der Waals surface area contributed by atoms with Gasteiger partial charge in [-0.1, -0.05) is 48.5 Å². The molecule has 96 valence electrons. The SMILES string of the molecule is Cc1cccc(C(=O)C2CC2c2ccccc2)c1Br. The molecular weight excluding hydrogens is 300 g/mol. The number of Topliss-reactive ketones (excluding diaryl/α,β-unsaturated/α-hetero) is 1. The highest BCUT2D eigenvalue weighted by Crippen LogP contribution is 2.49. The van der Waals surface area contributed by atoms with E-state index in [1.165, 1.54) is 5.56 Å². The van der Waals surface area contributed by atoms with Crippen molar-refractivity contribution in [3.63, 3.8) is 0 Å². The third-order valence-corrected chi connectivity index (χ3v) is 4.86. The van der Waals surface area contributed by atoms with Crippen molar-refractivity contribution in [1.29, 1.82) is 0 Å². The molecule has 1 aliphatic rings. The van der Waals surface area contributed by atoms with E-state index in [4.69, 9.17) is 0 Å². The Morgan fingerprint density at radius 2 is 1.84 bits per heavy atom. The molecule has 1 aliphatic carbocycles. The molecule has 0 aromatic heterocycles. The van der Waals surface area contributed by atoms with Crippen molar-refractivity contribution in [2.45, 2.75) is 19.3 Å². The van der Waals surface area contributed by atoms with Gasteiger partial charge in [-0.15, -0.1) is 0 Å². The van der Waals surface area contributed by atoms with Gasteiger partial charge in [0, 0.05) is 16.0 Å². The Balaban J connectivity index is 1.82. The molecule has 0 saturated heterocycles. The number of hydrogen-bond acceptors (Lipinski definition) is 1. The monoisotopic (exact) mass is 314 g/mol. The van der Waals surface area contributed by atoms with Crippen LogP contribution < -0.4 is 0 Å². The van der Waals surface area contributed by atoms with E-state index in [0.29, 0.717) is 5.92 Å². The summed E-state index contributed by atoms with van der Waals surface area (Å²) >= 11 is 3.53. The standard InChI is InChI=1S/C17H15BrO/c1-11-6-5-9-13(16(11)18)17(19)15-10-14(15)12-7-3-2-4-8-12/h2-9,14-15H,10H2,1H3. The van der Waals surface area contributed by atoms with Gasteiger partial charge in [0.05, 0.1) is 0 Å². The summed E-state index contributed by atoms with van der Waals surface area (Å²) in [5.41, 5.74) is 3.22. The number of hydrogen-bond donors (Lipinski definition) is 0. The van der Waals surface area contributed by atoms with Crippen molar-refractivity contribution in [3.05, 3.63) is 69.7 Å². The molecule has 1 fully saturated rings. The predicted molar refractivity (Wildman–Crippen MR) is 80.5 cm³/mol. The normalized spacial score (nSPS) is 21.2. The van der Waals surface area contributed by atoms with Crippen LogP contribution in [0.3, 0.4) is 0 Å². The molecule has 2 heteroatoms. The van der Waals surface area contributed by atoms with Gasteiger partial charge < -0.3 is 0 Å². The van der Waals surface area contributed by atoms with Crippen LogP contribution in [-0.4, -0.2) is 5.78 Å². The van der Waals surface area contributed by atoms with Gasteiger partial charge in [0.25, 0.3) is 0 Å². The molecule has 1 nitrogen and oxygen atoms in total. The number of carbonyl (C=O) groups excluding carboxylic acids is 1. The molecule has 19 heavy (non-hydrogen) atoms. The molecule has 2 aromatic carbocycles. The maximum atomic E-state index is 12.5. The lowest BCUT2D eigenvalue weighted by molar-refractivity contribution is 0.0964. The van der Waals surface area contributed by atoms with E-state index in [-0.39, 0.29) is 11.7 Å². The number of aryl methyl sites for hydroxylation is 1. The molecule has 0 bridgehead atoms. The number of benzene rings is 2. The van der Waals surface area contributed by atoms with Crippen LogP contribution in [-0.2, 0) is 0 Å². The topological polar surface area (TPSA) is 17.1 Å². The second-order valence-electron chi connectivity index (χ2n) is 5.16. The summed E-state index contributed by atoms with van der Waals surface area (Å²) in [5, 5.41) is 0. The molecule has 0 radical (unpaired) electrons. The molecule has 0 aliphatic heterocycles. The lowest BCUT2D eigenvalue weighted by atomic mass is 10.0. The zero-order chi connectivity index (χ0) is 13.4. The van der Waals surface area contributed by atoms with Crippen molar-refractivity contribution < 1.29 is 4.79 Å².